The van der Waals surface area contributed by atoms with Crippen LogP contribution in [0, 0.1) is 0 Å². The van der Waals surface area contributed by atoms with Crippen molar-refractivity contribution in [3.63, 3.8) is 0 Å². The zero-order valence-electron chi connectivity index (χ0n) is 17.9. The molecule has 164 valence electrons. The van der Waals surface area contributed by atoms with Gasteiger partial charge in [0.25, 0.3) is 5.91 Å². The van der Waals surface area contributed by atoms with Crippen molar-refractivity contribution in [2.45, 2.75) is 19.9 Å². The predicted octanol–water partition coefficient (Wildman–Crippen LogP) is 3.97. The number of hydrogen-bond acceptors (Lipinski definition) is 3. The molecule has 0 bridgehead atoms. The summed E-state index contributed by atoms with van der Waals surface area (Å²) in [4.78, 5) is 18.3. The Morgan fingerprint density at radius 2 is 1.93 bits per heavy atom. The number of guanidine groups is 1. The highest BCUT2D eigenvalue weighted by Gasteiger charge is 2.08. The van der Waals surface area contributed by atoms with Gasteiger partial charge in [-0.1, -0.05) is 29.8 Å². The number of rotatable bonds is 8. The topological polar surface area (TPSA) is 66.0 Å². The van der Waals surface area contributed by atoms with Gasteiger partial charge < -0.3 is 20.3 Å². The molecule has 2 aromatic carbocycles. The van der Waals surface area contributed by atoms with E-state index in [0.717, 1.165) is 35.8 Å². The highest BCUT2D eigenvalue weighted by Crippen LogP contribution is 2.23. The Hall–Kier alpha value is -2.00. The first-order chi connectivity index (χ1) is 13.9. The fourth-order valence-electron chi connectivity index (χ4n) is 2.80. The lowest BCUT2D eigenvalue weighted by molar-refractivity contribution is 0.0827. The molecule has 0 saturated heterocycles. The van der Waals surface area contributed by atoms with E-state index in [4.69, 9.17) is 16.3 Å². The van der Waals surface area contributed by atoms with E-state index in [2.05, 4.69) is 15.6 Å². The molecule has 0 atom stereocenters. The van der Waals surface area contributed by atoms with Crippen molar-refractivity contribution in [3.05, 3.63) is 64.2 Å². The average Bonchev–Trinajstić information content (AvgIpc) is 2.72. The number of aliphatic imine (C=N–C) groups is 1. The molecule has 6 nitrogen and oxygen atoms in total. The van der Waals surface area contributed by atoms with Gasteiger partial charge in [-0.2, -0.15) is 0 Å². The van der Waals surface area contributed by atoms with Crippen molar-refractivity contribution in [2.75, 3.05) is 34.3 Å². The molecule has 0 saturated carbocycles. The van der Waals surface area contributed by atoms with E-state index in [0.29, 0.717) is 23.7 Å². The molecule has 0 fully saturated rings. The molecule has 2 N–H and O–H groups in total. The van der Waals surface area contributed by atoms with Crippen LogP contribution in [0.1, 0.15) is 28.4 Å². The minimum Gasteiger partial charge on any atom is -0.496 e. The van der Waals surface area contributed by atoms with Gasteiger partial charge in [-0.25, -0.2) is 4.99 Å². The second-order valence-electron chi connectivity index (χ2n) is 6.73. The van der Waals surface area contributed by atoms with Crippen LogP contribution in [-0.4, -0.2) is 51.1 Å². The minimum atomic E-state index is 0. The maximum absolute atomic E-state index is 12.1. The Bertz CT molecular complexity index is 859. The number of carbonyl (C=O) groups is 1. The quantitative estimate of drug-likeness (QED) is 0.300. The van der Waals surface area contributed by atoms with Crippen LogP contribution in [0.2, 0.25) is 5.02 Å². The number of ether oxygens (including phenoxy) is 1. The number of amides is 1. The van der Waals surface area contributed by atoms with Crippen LogP contribution in [0.4, 0.5) is 0 Å². The molecule has 0 aliphatic heterocycles. The molecule has 0 unspecified atom stereocenters. The molecular weight excluding hydrogens is 515 g/mol. The second-order valence-corrected chi connectivity index (χ2v) is 7.16. The highest BCUT2D eigenvalue weighted by molar-refractivity contribution is 14.0. The number of nitrogens with one attached hydrogen (secondary N) is 2. The smallest absolute Gasteiger partial charge is 0.253 e. The fourth-order valence-corrected chi connectivity index (χ4v) is 2.96. The van der Waals surface area contributed by atoms with Crippen LogP contribution in [-0.2, 0) is 13.0 Å². The third-order valence-corrected chi connectivity index (χ3v) is 4.52. The van der Waals surface area contributed by atoms with Crippen LogP contribution in [0.5, 0.6) is 5.75 Å². The van der Waals surface area contributed by atoms with E-state index in [1.54, 1.807) is 32.2 Å². The van der Waals surface area contributed by atoms with Gasteiger partial charge in [0.1, 0.15) is 5.75 Å². The highest BCUT2D eigenvalue weighted by atomic mass is 127. The van der Waals surface area contributed by atoms with Gasteiger partial charge >= 0.3 is 0 Å². The molecule has 2 rings (SSSR count). The van der Waals surface area contributed by atoms with Gasteiger partial charge in [-0.3, -0.25) is 4.79 Å². The van der Waals surface area contributed by atoms with Gasteiger partial charge in [-0.05, 0) is 43.2 Å². The van der Waals surface area contributed by atoms with E-state index in [1.165, 1.54) is 0 Å². The van der Waals surface area contributed by atoms with Gasteiger partial charge in [0, 0.05) is 43.3 Å². The van der Waals surface area contributed by atoms with E-state index >= 15 is 0 Å². The van der Waals surface area contributed by atoms with Gasteiger partial charge in [0.05, 0.1) is 13.7 Å². The molecule has 0 aliphatic carbocycles. The van der Waals surface area contributed by atoms with Crippen LogP contribution < -0.4 is 15.4 Å². The lowest BCUT2D eigenvalue weighted by Gasteiger charge is -2.13. The second kappa shape index (κ2) is 13.3. The summed E-state index contributed by atoms with van der Waals surface area (Å²) in [6, 6.07) is 13.2. The zero-order chi connectivity index (χ0) is 21.2. The monoisotopic (exact) mass is 544 g/mol. The number of methoxy groups -OCH3 is 1. The number of halogens is 2. The summed E-state index contributed by atoms with van der Waals surface area (Å²) in [5, 5.41) is 7.21. The summed E-state index contributed by atoms with van der Waals surface area (Å²) < 4.78 is 5.38. The molecule has 0 radical (unpaired) electrons. The zero-order valence-corrected chi connectivity index (χ0v) is 21.0. The van der Waals surface area contributed by atoms with Crippen LogP contribution >= 0.6 is 35.6 Å². The molecule has 2 aromatic rings. The maximum atomic E-state index is 12.1. The van der Waals surface area contributed by atoms with Crippen molar-refractivity contribution in [1.29, 1.82) is 0 Å². The van der Waals surface area contributed by atoms with E-state index in [9.17, 15) is 4.79 Å². The maximum Gasteiger partial charge on any atom is 0.253 e. The minimum absolute atomic E-state index is 0. The molecule has 0 heterocycles. The first kappa shape index (κ1) is 26.0. The summed E-state index contributed by atoms with van der Waals surface area (Å²) in [6.07, 6.45) is 0.781. The molecule has 30 heavy (non-hydrogen) atoms. The molecule has 8 heteroatoms. The predicted molar refractivity (Wildman–Crippen MR) is 134 cm³/mol. The summed E-state index contributed by atoms with van der Waals surface area (Å²) in [7, 11) is 5.13. The molecule has 0 aliphatic rings. The van der Waals surface area contributed by atoms with Crippen LogP contribution in [0.15, 0.2) is 47.5 Å². The van der Waals surface area contributed by atoms with Gasteiger partial charge in [0.2, 0.25) is 0 Å². The molecule has 0 spiro atoms. The van der Waals surface area contributed by atoms with Gasteiger partial charge in [-0.15, -0.1) is 24.0 Å². The number of benzene rings is 2. The summed E-state index contributed by atoms with van der Waals surface area (Å²) in [6.45, 7) is 3.96. The van der Waals surface area contributed by atoms with E-state index in [-0.39, 0.29) is 29.9 Å². The Balaban J connectivity index is 0.00000450. The largest absolute Gasteiger partial charge is 0.496 e. The van der Waals surface area contributed by atoms with Crippen molar-refractivity contribution >= 4 is 47.4 Å². The Kier molecular flexibility index (Phi) is 11.6. The molecule has 1 amide bonds. The van der Waals surface area contributed by atoms with Crippen molar-refractivity contribution in [3.8, 4) is 5.75 Å². The SMILES string of the molecule is CCNC(=NCc1ccc(Cl)cc1OC)NCCc1cccc(C(=O)N(C)C)c1.I. The summed E-state index contributed by atoms with van der Waals surface area (Å²) >= 11 is 6.02. The number of carbonyl (C=O) groups excluding carboxylic acids is 1. The van der Waals surface area contributed by atoms with Crippen LogP contribution in [0.3, 0.4) is 0 Å². The number of hydrogen-bond donors (Lipinski definition) is 2. The third kappa shape index (κ3) is 8.02. The van der Waals surface area contributed by atoms with E-state index < -0.39 is 0 Å². The van der Waals surface area contributed by atoms with Crippen molar-refractivity contribution < 1.29 is 9.53 Å². The Morgan fingerprint density at radius 3 is 2.60 bits per heavy atom. The summed E-state index contributed by atoms with van der Waals surface area (Å²) in [5.74, 6) is 1.45. The number of nitrogens with zero attached hydrogens (tertiary/aromatic N) is 2. The van der Waals surface area contributed by atoms with E-state index in [1.807, 2.05) is 43.3 Å². The van der Waals surface area contributed by atoms with Gasteiger partial charge in [0.15, 0.2) is 5.96 Å². The third-order valence-electron chi connectivity index (χ3n) is 4.29. The van der Waals surface area contributed by atoms with Crippen LogP contribution in [0.25, 0.3) is 0 Å². The standard InChI is InChI=1S/C22H29ClN4O2.HI/c1-5-24-22(26-15-18-9-10-19(23)14-20(18)29-4)25-12-11-16-7-6-8-17(13-16)21(28)27(2)3;/h6-10,13-14H,5,11-12,15H2,1-4H3,(H2,24,25,26);1H. The van der Waals surface area contributed by atoms with Crippen molar-refractivity contribution in [1.82, 2.24) is 15.5 Å². The summed E-state index contributed by atoms with van der Waals surface area (Å²) in [5.41, 5.74) is 2.76. The Morgan fingerprint density at radius 1 is 1.17 bits per heavy atom. The molecule has 0 aromatic heterocycles. The lowest BCUT2D eigenvalue weighted by Crippen LogP contribution is -2.38. The first-order valence-corrected chi connectivity index (χ1v) is 9.97. The fraction of sp³-hybridized carbons (Fsp3) is 0.364. The Labute approximate surface area is 201 Å². The average molecular weight is 545 g/mol. The molecular formula is C22H30ClIN4O2. The lowest BCUT2D eigenvalue weighted by atomic mass is 10.1. The first-order valence-electron chi connectivity index (χ1n) is 9.59. The normalized spacial score (nSPS) is 10.8. The van der Waals surface area contributed by atoms with Crippen molar-refractivity contribution in [2.24, 2.45) is 4.99 Å².